The van der Waals surface area contributed by atoms with Crippen LogP contribution in [0.3, 0.4) is 0 Å². The zero-order valence-electron chi connectivity index (χ0n) is 8.53. The molecule has 1 aromatic rings. The molecular formula is C11H16O3. The molecule has 0 aliphatic rings. The molecule has 0 unspecified atom stereocenters. The maximum Gasteiger partial charge on any atom is 0.160 e. The second-order valence-corrected chi connectivity index (χ2v) is 3.39. The van der Waals surface area contributed by atoms with Crippen LogP contribution in [0.4, 0.5) is 0 Å². The molecule has 14 heavy (non-hydrogen) atoms. The Balaban J connectivity index is 2.69. The molecule has 0 heterocycles. The van der Waals surface area contributed by atoms with E-state index in [1.165, 1.54) is 7.11 Å². The summed E-state index contributed by atoms with van der Waals surface area (Å²) in [5.74, 6) is 0.626. The Kier molecular flexibility index (Phi) is 3.77. The number of hydrogen-bond acceptors (Lipinski definition) is 3. The third-order valence-corrected chi connectivity index (χ3v) is 2.09. The molecule has 0 aliphatic heterocycles. The Morgan fingerprint density at radius 1 is 1.43 bits per heavy atom. The minimum Gasteiger partial charge on any atom is -0.504 e. The number of methoxy groups -OCH3 is 1. The van der Waals surface area contributed by atoms with E-state index in [0.717, 1.165) is 12.0 Å². The smallest absolute Gasteiger partial charge is 0.160 e. The van der Waals surface area contributed by atoms with Crippen LogP contribution >= 0.6 is 0 Å². The molecule has 1 rings (SSSR count). The first-order chi connectivity index (χ1) is 6.63. The van der Waals surface area contributed by atoms with Crippen molar-refractivity contribution < 1.29 is 14.9 Å². The van der Waals surface area contributed by atoms with Gasteiger partial charge < -0.3 is 14.9 Å². The Bertz CT molecular complexity index is 295. The van der Waals surface area contributed by atoms with E-state index in [-0.39, 0.29) is 11.9 Å². The van der Waals surface area contributed by atoms with Crippen molar-refractivity contribution in [1.29, 1.82) is 0 Å². The molecule has 1 atom stereocenters. The van der Waals surface area contributed by atoms with Gasteiger partial charge in [0.1, 0.15) is 0 Å². The van der Waals surface area contributed by atoms with Gasteiger partial charge in [0.25, 0.3) is 0 Å². The molecule has 0 bridgehead atoms. The van der Waals surface area contributed by atoms with Gasteiger partial charge >= 0.3 is 0 Å². The van der Waals surface area contributed by atoms with Crippen LogP contribution in [-0.2, 0) is 6.42 Å². The van der Waals surface area contributed by atoms with Crippen LogP contribution in [0, 0.1) is 0 Å². The molecule has 2 N–H and O–H groups in total. The highest BCUT2D eigenvalue weighted by Gasteiger charge is 2.03. The molecule has 3 heteroatoms. The lowest BCUT2D eigenvalue weighted by Gasteiger charge is -2.07. The monoisotopic (exact) mass is 196 g/mol. The minimum atomic E-state index is -0.296. The number of aliphatic hydroxyl groups excluding tert-OH is 1. The first kappa shape index (κ1) is 10.9. The Morgan fingerprint density at radius 2 is 2.14 bits per heavy atom. The van der Waals surface area contributed by atoms with Crippen LogP contribution < -0.4 is 4.74 Å². The number of hydrogen-bond donors (Lipinski definition) is 2. The van der Waals surface area contributed by atoms with Gasteiger partial charge in [-0.05, 0) is 37.5 Å². The number of phenols is 1. The van der Waals surface area contributed by atoms with Gasteiger partial charge in [-0.25, -0.2) is 0 Å². The Morgan fingerprint density at radius 3 is 2.71 bits per heavy atom. The average molecular weight is 196 g/mol. The van der Waals surface area contributed by atoms with Crippen molar-refractivity contribution in [2.75, 3.05) is 7.11 Å². The van der Waals surface area contributed by atoms with Crippen molar-refractivity contribution in [3.05, 3.63) is 23.8 Å². The zero-order valence-corrected chi connectivity index (χ0v) is 8.53. The van der Waals surface area contributed by atoms with Crippen LogP contribution in [0.5, 0.6) is 11.5 Å². The topological polar surface area (TPSA) is 49.7 Å². The van der Waals surface area contributed by atoms with Gasteiger partial charge in [-0.15, -0.1) is 0 Å². The standard InChI is InChI=1S/C11H16O3/c1-8(12)3-4-9-5-6-10(13)11(7-9)14-2/h5-8,12-13H,3-4H2,1-2H3/t8-/m1/s1. The summed E-state index contributed by atoms with van der Waals surface area (Å²) in [4.78, 5) is 0. The molecular weight excluding hydrogens is 180 g/mol. The number of phenolic OH excluding ortho intramolecular Hbond substituents is 1. The van der Waals surface area contributed by atoms with Crippen molar-refractivity contribution >= 4 is 0 Å². The number of aliphatic hydroxyl groups is 1. The van der Waals surface area contributed by atoms with E-state index in [0.29, 0.717) is 12.2 Å². The van der Waals surface area contributed by atoms with E-state index >= 15 is 0 Å². The minimum absolute atomic E-state index is 0.147. The lowest BCUT2D eigenvalue weighted by molar-refractivity contribution is 0.185. The molecule has 78 valence electrons. The van der Waals surface area contributed by atoms with E-state index < -0.39 is 0 Å². The molecule has 0 saturated heterocycles. The number of aryl methyl sites for hydroxylation is 1. The van der Waals surface area contributed by atoms with E-state index in [9.17, 15) is 5.11 Å². The van der Waals surface area contributed by atoms with E-state index in [2.05, 4.69) is 0 Å². The Labute approximate surface area is 84.0 Å². The summed E-state index contributed by atoms with van der Waals surface area (Å²) in [5, 5.41) is 18.5. The summed E-state index contributed by atoms with van der Waals surface area (Å²) >= 11 is 0. The quantitative estimate of drug-likeness (QED) is 0.770. The summed E-state index contributed by atoms with van der Waals surface area (Å²) in [6.45, 7) is 1.76. The van der Waals surface area contributed by atoms with E-state index in [1.807, 2.05) is 6.07 Å². The van der Waals surface area contributed by atoms with Crippen LogP contribution in [0.15, 0.2) is 18.2 Å². The molecule has 0 radical (unpaired) electrons. The summed E-state index contributed by atoms with van der Waals surface area (Å²) in [7, 11) is 1.52. The number of rotatable bonds is 4. The van der Waals surface area contributed by atoms with Crippen molar-refractivity contribution in [2.24, 2.45) is 0 Å². The lowest BCUT2D eigenvalue weighted by atomic mass is 10.1. The van der Waals surface area contributed by atoms with Gasteiger partial charge in [-0.1, -0.05) is 6.07 Å². The fourth-order valence-electron chi connectivity index (χ4n) is 1.25. The summed E-state index contributed by atoms with van der Waals surface area (Å²) in [6, 6.07) is 5.23. The zero-order chi connectivity index (χ0) is 10.6. The molecule has 0 amide bonds. The number of aromatic hydroxyl groups is 1. The summed E-state index contributed by atoms with van der Waals surface area (Å²) < 4.78 is 4.98. The number of ether oxygens (including phenoxy) is 1. The Hall–Kier alpha value is -1.22. The highest BCUT2D eigenvalue weighted by molar-refractivity contribution is 5.41. The predicted molar refractivity (Wildman–Crippen MR) is 54.7 cm³/mol. The van der Waals surface area contributed by atoms with E-state index in [4.69, 9.17) is 9.84 Å². The van der Waals surface area contributed by atoms with Crippen LogP contribution in [-0.4, -0.2) is 23.4 Å². The van der Waals surface area contributed by atoms with Crippen LogP contribution in [0.2, 0.25) is 0 Å². The first-order valence-electron chi connectivity index (χ1n) is 4.67. The fourth-order valence-corrected chi connectivity index (χ4v) is 1.25. The molecule has 0 aromatic heterocycles. The van der Waals surface area contributed by atoms with Crippen LogP contribution in [0.1, 0.15) is 18.9 Å². The molecule has 1 aromatic carbocycles. The molecule has 0 spiro atoms. The van der Waals surface area contributed by atoms with Gasteiger partial charge in [0.05, 0.1) is 13.2 Å². The maximum atomic E-state index is 9.34. The van der Waals surface area contributed by atoms with Gasteiger partial charge in [0.15, 0.2) is 11.5 Å². The van der Waals surface area contributed by atoms with Crippen LogP contribution in [0.25, 0.3) is 0 Å². The highest BCUT2D eigenvalue weighted by Crippen LogP contribution is 2.26. The summed E-state index contributed by atoms with van der Waals surface area (Å²) in [5.41, 5.74) is 1.06. The average Bonchev–Trinajstić information content (AvgIpc) is 2.16. The third kappa shape index (κ3) is 2.92. The van der Waals surface area contributed by atoms with Gasteiger partial charge in [-0.2, -0.15) is 0 Å². The van der Waals surface area contributed by atoms with Gasteiger partial charge in [0, 0.05) is 0 Å². The second kappa shape index (κ2) is 4.86. The third-order valence-electron chi connectivity index (χ3n) is 2.09. The molecule has 3 nitrogen and oxygen atoms in total. The SMILES string of the molecule is COc1cc(CC[C@@H](C)O)ccc1O. The van der Waals surface area contributed by atoms with E-state index in [1.54, 1.807) is 19.1 Å². The summed E-state index contributed by atoms with van der Waals surface area (Å²) in [6.07, 6.45) is 1.21. The predicted octanol–water partition coefficient (Wildman–Crippen LogP) is 1.71. The van der Waals surface area contributed by atoms with Crippen molar-refractivity contribution in [3.63, 3.8) is 0 Å². The molecule has 0 saturated carbocycles. The largest absolute Gasteiger partial charge is 0.504 e. The second-order valence-electron chi connectivity index (χ2n) is 3.39. The highest BCUT2D eigenvalue weighted by atomic mass is 16.5. The normalized spacial score (nSPS) is 12.5. The van der Waals surface area contributed by atoms with Crippen molar-refractivity contribution in [3.8, 4) is 11.5 Å². The van der Waals surface area contributed by atoms with Crippen molar-refractivity contribution in [2.45, 2.75) is 25.9 Å². The first-order valence-corrected chi connectivity index (χ1v) is 4.67. The lowest BCUT2D eigenvalue weighted by Crippen LogP contribution is -2.01. The van der Waals surface area contributed by atoms with Gasteiger partial charge in [0.2, 0.25) is 0 Å². The number of benzene rings is 1. The molecule has 0 fully saturated rings. The maximum absolute atomic E-state index is 9.34. The van der Waals surface area contributed by atoms with Crippen molar-refractivity contribution in [1.82, 2.24) is 0 Å². The molecule has 0 aliphatic carbocycles. The fraction of sp³-hybridized carbons (Fsp3) is 0.455. The van der Waals surface area contributed by atoms with Gasteiger partial charge in [-0.3, -0.25) is 0 Å².